The van der Waals surface area contributed by atoms with Crippen molar-refractivity contribution >= 4 is 17.7 Å². The molecule has 0 radical (unpaired) electrons. The van der Waals surface area contributed by atoms with Crippen LogP contribution in [-0.4, -0.2) is 21.6 Å². The lowest BCUT2D eigenvalue weighted by molar-refractivity contribution is 0.288. The number of aryl methyl sites for hydroxylation is 2. The molecule has 21 heavy (non-hydrogen) atoms. The van der Waals surface area contributed by atoms with Crippen molar-refractivity contribution < 1.29 is 4.74 Å². The molecule has 0 bridgehead atoms. The van der Waals surface area contributed by atoms with Crippen molar-refractivity contribution in [1.29, 1.82) is 0 Å². The number of nitrogens with zero attached hydrogens (tertiary/aromatic N) is 3. The molecule has 0 amide bonds. The number of rotatable bonds is 5. The summed E-state index contributed by atoms with van der Waals surface area (Å²) in [5.74, 6) is 0.194. The first-order valence-electron chi connectivity index (χ1n) is 7.18. The summed E-state index contributed by atoms with van der Waals surface area (Å²) in [6.07, 6.45) is 4.50. The zero-order valence-electron chi connectivity index (χ0n) is 12.0. The van der Waals surface area contributed by atoms with E-state index >= 15 is 0 Å². The van der Waals surface area contributed by atoms with Crippen molar-refractivity contribution in [2.45, 2.75) is 42.7 Å². The zero-order valence-corrected chi connectivity index (χ0v) is 12.8. The van der Waals surface area contributed by atoms with Crippen LogP contribution in [-0.2, 0) is 12.8 Å². The van der Waals surface area contributed by atoms with Gasteiger partial charge in [0.05, 0.1) is 6.61 Å². The van der Waals surface area contributed by atoms with Gasteiger partial charge in [0.15, 0.2) is 0 Å². The molecule has 1 aromatic heterocycles. The summed E-state index contributed by atoms with van der Waals surface area (Å²) in [5, 5.41) is 0.576. The molecule has 5 nitrogen and oxygen atoms in total. The fourth-order valence-corrected chi connectivity index (χ4v) is 3.18. The molecule has 0 aliphatic heterocycles. The van der Waals surface area contributed by atoms with E-state index in [1.165, 1.54) is 35.7 Å². The van der Waals surface area contributed by atoms with E-state index < -0.39 is 0 Å². The number of ether oxygens (including phenoxy) is 1. The first-order chi connectivity index (χ1) is 10.2. The van der Waals surface area contributed by atoms with Crippen LogP contribution in [0.2, 0.25) is 0 Å². The summed E-state index contributed by atoms with van der Waals surface area (Å²) in [5.41, 5.74) is 8.61. The Kier molecular flexibility index (Phi) is 4.24. The zero-order chi connectivity index (χ0) is 14.7. The van der Waals surface area contributed by atoms with Crippen LogP contribution >= 0.6 is 11.8 Å². The molecule has 0 atom stereocenters. The molecule has 0 saturated carbocycles. The minimum atomic E-state index is 0.194. The minimum absolute atomic E-state index is 0.194. The summed E-state index contributed by atoms with van der Waals surface area (Å²) in [4.78, 5) is 13.6. The van der Waals surface area contributed by atoms with E-state index in [4.69, 9.17) is 10.5 Å². The smallest absolute Gasteiger partial charge is 0.322 e. The van der Waals surface area contributed by atoms with Crippen molar-refractivity contribution in [3.8, 4) is 6.01 Å². The van der Waals surface area contributed by atoms with Gasteiger partial charge in [0.25, 0.3) is 0 Å². The van der Waals surface area contributed by atoms with Crippen LogP contribution in [0, 0.1) is 0 Å². The van der Waals surface area contributed by atoms with Gasteiger partial charge in [-0.15, -0.1) is 0 Å². The summed E-state index contributed by atoms with van der Waals surface area (Å²) >= 11 is 1.49. The average molecular weight is 302 g/mol. The molecule has 1 aliphatic rings. The molecule has 0 saturated heterocycles. The second-order valence-corrected chi connectivity index (χ2v) is 6.03. The van der Waals surface area contributed by atoms with Crippen LogP contribution in [0.1, 0.15) is 30.9 Å². The summed E-state index contributed by atoms with van der Waals surface area (Å²) < 4.78 is 5.43. The molecule has 2 aromatic rings. The first kappa shape index (κ1) is 14.1. The number of nitrogens with two attached hydrogens (primary N) is 1. The second-order valence-electron chi connectivity index (χ2n) is 4.99. The average Bonchev–Trinajstić information content (AvgIpc) is 2.92. The topological polar surface area (TPSA) is 73.9 Å². The van der Waals surface area contributed by atoms with Crippen molar-refractivity contribution in [2.24, 2.45) is 0 Å². The predicted octanol–water partition coefficient (Wildman–Crippen LogP) is 2.88. The second kappa shape index (κ2) is 6.30. The molecule has 6 heteroatoms. The molecule has 1 aliphatic carbocycles. The predicted molar refractivity (Wildman–Crippen MR) is 82.6 cm³/mol. The fourth-order valence-electron chi connectivity index (χ4n) is 2.37. The summed E-state index contributed by atoms with van der Waals surface area (Å²) in [6, 6.07) is 6.83. The van der Waals surface area contributed by atoms with Gasteiger partial charge in [-0.05, 0) is 60.7 Å². The molecule has 0 spiro atoms. The van der Waals surface area contributed by atoms with Gasteiger partial charge in [-0.3, -0.25) is 0 Å². The highest BCUT2D eigenvalue weighted by Crippen LogP contribution is 2.31. The summed E-state index contributed by atoms with van der Waals surface area (Å²) in [6.45, 7) is 2.61. The van der Waals surface area contributed by atoms with Crippen LogP contribution in [0.25, 0.3) is 0 Å². The highest BCUT2D eigenvalue weighted by molar-refractivity contribution is 7.99. The molecule has 1 aromatic carbocycles. The highest BCUT2D eigenvalue weighted by Gasteiger charge is 2.13. The Morgan fingerprint density at radius 1 is 1.19 bits per heavy atom. The lowest BCUT2D eigenvalue weighted by Crippen LogP contribution is -2.05. The Bertz CT molecular complexity index is 648. The third kappa shape index (κ3) is 3.44. The van der Waals surface area contributed by atoms with E-state index in [1.807, 2.05) is 6.92 Å². The van der Waals surface area contributed by atoms with Gasteiger partial charge >= 0.3 is 6.01 Å². The molecular formula is C15H18N4OS. The Morgan fingerprint density at radius 3 is 2.90 bits per heavy atom. The maximum absolute atomic E-state index is 5.72. The van der Waals surface area contributed by atoms with E-state index in [-0.39, 0.29) is 5.95 Å². The van der Waals surface area contributed by atoms with E-state index in [2.05, 4.69) is 33.2 Å². The Morgan fingerprint density at radius 2 is 2.05 bits per heavy atom. The third-order valence-electron chi connectivity index (χ3n) is 3.33. The normalized spacial score (nSPS) is 13.2. The quantitative estimate of drug-likeness (QED) is 0.915. The number of anilines is 1. The number of benzene rings is 1. The van der Waals surface area contributed by atoms with Gasteiger partial charge in [0.2, 0.25) is 11.1 Å². The number of hydrogen-bond acceptors (Lipinski definition) is 6. The molecular weight excluding hydrogens is 284 g/mol. The van der Waals surface area contributed by atoms with Crippen LogP contribution in [0.5, 0.6) is 6.01 Å². The fraction of sp³-hybridized carbons (Fsp3) is 0.400. The Balaban J connectivity index is 1.79. The van der Waals surface area contributed by atoms with Crippen LogP contribution in [0.15, 0.2) is 28.3 Å². The molecule has 110 valence electrons. The van der Waals surface area contributed by atoms with Crippen LogP contribution in [0.3, 0.4) is 0 Å². The van der Waals surface area contributed by atoms with Gasteiger partial charge in [-0.25, -0.2) is 0 Å². The lowest BCUT2D eigenvalue weighted by Gasteiger charge is -2.06. The molecule has 3 rings (SSSR count). The van der Waals surface area contributed by atoms with Crippen LogP contribution < -0.4 is 10.5 Å². The van der Waals surface area contributed by atoms with E-state index in [9.17, 15) is 0 Å². The Hall–Kier alpha value is -1.82. The van der Waals surface area contributed by atoms with E-state index in [1.54, 1.807) is 0 Å². The monoisotopic (exact) mass is 302 g/mol. The lowest BCUT2D eigenvalue weighted by atomic mass is 10.1. The van der Waals surface area contributed by atoms with Gasteiger partial charge in [-0.2, -0.15) is 15.0 Å². The maximum Gasteiger partial charge on any atom is 0.322 e. The van der Waals surface area contributed by atoms with Crippen LogP contribution in [0.4, 0.5) is 5.95 Å². The highest BCUT2D eigenvalue weighted by atomic mass is 32.2. The molecule has 2 N–H and O–H groups in total. The van der Waals surface area contributed by atoms with Crippen molar-refractivity contribution in [2.75, 3.05) is 12.3 Å². The first-order valence-corrected chi connectivity index (χ1v) is 8.00. The summed E-state index contributed by atoms with van der Waals surface area (Å²) in [7, 11) is 0. The number of fused-ring (bicyclic) bond motifs is 1. The largest absolute Gasteiger partial charge is 0.463 e. The standard InChI is InChI=1S/C15H18N4OS/c1-2-8-20-14-17-13(16)18-15(19-14)21-12-7-6-10-4-3-5-11(10)9-12/h6-7,9H,2-5,8H2,1H3,(H2,16,17,18,19). The number of nitrogen functional groups attached to an aromatic ring is 1. The van der Waals surface area contributed by atoms with E-state index in [0.29, 0.717) is 17.8 Å². The Labute approximate surface area is 128 Å². The molecule has 1 heterocycles. The minimum Gasteiger partial charge on any atom is -0.463 e. The third-order valence-corrected chi connectivity index (χ3v) is 4.18. The van der Waals surface area contributed by atoms with Crippen molar-refractivity contribution in [1.82, 2.24) is 15.0 Å². The van der Waals surface area contributed by atoms with Gasteiger partial charge < -0.3 is 10.5 Å². The molecule has 0 fully saturated rings. The van der Waals surface area contributed by atoms with Gasteiger partial charge in [-0.1, -0.05) is 13.0 Å². The van der Waals surface area contributed by atoms with Crippen molar-refractivity contribution in [3.05, 3.63) is 29.3 Å². The van der Waals surface area contributed by atoms with E-state index in [0.717, 1.165) is 17.7 Å². The van der Waals surface area contributed by atoms with Gasteiger partial charge in [0.1, 0.15) is 0 Å². The maximum atomic E-state index is 5.72. The van der Waals surface area contributed by atoms with Crippen molar-refractivity contribution in [3.63, 3.8) is 0 Å². The SMILES string of the molecule is CCCOc1nc(N)nc(Sc2ccc3c(c2)CCC3)n1. The number of hydrogen-bond donors (Lipinski definition) is 1. The van der Waals surface area contributed by atoms with Gasteiger partial charge in [0, 0.05) is 4.90 Å². The molecule has 0 unspecified atom stereocenters. The number of aromatic nitrogens is 3.